The van der Waals surface area contributed by atoms with Gasteiger partial charge in [-0.2, -0.15) is 5.26 Å². The van der Waals surface area contributed by atoms with Gasteiger partial charge in [0.05, 0.1) is 25.2 Å². The normalized spacial score (nSPS) is 9.71. The van der Waals surface area contributed by atoms with Crippen LogP contribution >= 0.6 is 0 Å². The molecule has 2 aromatic carbocycles. The van der Waals surface area contributed by atoms with Crippen LogP contribution in [0.2, 0.25) is 0 Å². The number of rotatable bonds is 9. The Morgan fingerprint density at radius 3 is 2.18 bits per heavy atom. The van der Waals surface area contributed by atoms with Gasteiger partial charge in [0.25, 0.3) is 5.91 Å². The van der Waals surface area contributed by atoms with Gasteiger partial charge >= 0.3 is 0 Å². The number of hydrazine groups is 1. The number of carbonyl (C=O) groups is 2. The molecule has 2 amide bonds. The average molecular weight is 383 g/mol. The summed E-state index contributed by atoms with van der Waals surface area (Å²) in [5.41, 5.74) is 4.85. The second-order valence-corrected chi connectivity index (χ2v) is 5.47. The molecular formula is C20H21N3O5. The smallest absolute Gasteiger partial charge is 0.276 e. The topological polar surface area (TPSA) is 110 Å². The lowest BCUT2D eigenvalue weighted by Crippen LogP contribution is -2.44. The van der Waals surface area contributed by atoms with Crippen LogP contribution < -0.4 is 25.1 Å². The van der Waals surface area contributed by atoms with Gasteiger partial charge in [0.2, 0.25) is 5.91 Å². The number of nitrogens with one attached hydrogen (secondary N) is 2. The van der Waals surface area contributed by atoms with Crippen molar-refractivity contribution in [1.29, 1.82) is 5.26 Å². The van der Waals surface area contributed by atoms with Crippen molar-refractivity contribution in [2.45, 2.75) is 13.3 Å². The van der Waals surface area contributed by atoms with Gasteiger partial charge < -0.3 is 14.2 Å². The van der Waals surface area contributed by atoms with Crippen molar-refractivity contribution in [2.75, 3.05) is 19.8 Å². The summed E-state index contributed by atoms with van der Waals surface area (Å²) < 4.78 is 16.3. The summed E-state index contributed by atoms with van der Waals surface area (Å²) in [7, 11) is 0. The maximum Gasteiger partial charge on any atom is 0.276 e. The van der Waals surface area contributed by atoms with Crippen LogP contribution in [0.25, 0.3) is 0 Å². The quantitative estimate of drug-likeness (QED) is 0.641. The molecule has 28 heavy (non-hydrogen) atoms. The minimum absolute atomic E-state index is 0.0405. The lowest BCUT2D eigenvalue weighted by molar-refractivity contribution is -0.130. The standard InChI is InChI=1S/C20H21N3O5/c1-2-26-17-9-5-6-10-18(17)27-12-11-19(24)22-23-20(25)14-28-16-8-4-3-7-15(16)13-21/h3-10H,2,11-12,14H2,1H3,(H,22,24)(H,23,25). The number of ether oxygens (including phenoxy) is 3. The van der Waals surface area contributed by atoms with Crippen LogP contribution in [0.4, 0.5) is 0 Å². The van der Waals surface area contributed by atoms with Crippen molar-refractivity contribution < 1.29 is 23.8 Å². The molecule has 0 radical (unpaired) electrons. The van der Waals surface area contributed by atoms with E-state index < -0.39 is 11.8 Å². The molecule has 0 aliphatic carbocycles. The van der Waals surface area contributed by atoms with Gasteiger partial charge in [-0.3, -0.25) is 20.4 Å². The van der Waals surface area contributed by atoms with Gasteiger partial charge in [-0.15, -0.1) is 0 Å². The van der Waals surface area contributed by atoms with Crippen molar-refractivity contribution in [3.05, 3.63) is 54.1 Å². The van der Waals surface area contributed by atoms with E-state index in [-0.39, 0.29) is 19.6 Å². The number of benzene rings is 2. The van der Waals surface area contributed by atoms with Gasteiger partial charge in [-0.25, -0.2) is 0 Å². The fourth-order valence-corrected chi connectivity index (χ4v) is 2.16. The fraction of sp³-hybridized carbons (Fsp3) is 0.250. The Bertz CT molecular complexity index is 848. The first kappa shape index (κ1) is 20.6. The highest BCUT2D eigenvalue weighted by Crippen LogP contribution is 2.26. The number of hydrogen-bond donors (Lipinski definition) is 2. The van der Waals surface area contributed by atoms with E-state index >= 15 is 0 Å². The lowest BCUT2D eigenvalue weighted by Gasteiger charge is -2.12. The first-order valence-electron chi connectivity index (χ1n) is 8.68. The van der Waals surface area contributed by atoms with Crippen molar-refractivity contribution in [2.24, 2.45) is 0 Å². The van der Waals surface area contributed by atoms with Crippen LogP contribution in [-0.4, -0.2) is 31.6 Å². The average Bonchev–Trinajstić information content (AvgIpc) is 2.72. The molecule has 146 valence electrons. The van der Waals surface area contributed by atoms with Crippen molar-refractivity contribution in [3.63, 3.8) is 0 Å². The minimum Gasteiger partial charge on any atom is -0.490 e. The maximum absolute atomic E-state index is 11.8. The van der Waals surface area contributed by atoms with Crippen molar-refractivity contribution in [3.8, 4) is 23.3 Å². The minimum atomic E-state index is -0.552. The molecule has 0 unspecified atom stereocenters. The summed E-state index contributed by atoms with van der Waals surface area (Å²) in [6.07, 6.45) is 0.0405. The maximum atomic E-state index is 11.8. The van der Waals surface area contributed by atoms with Crippen LogP contribution in [0.15, 0.2) is 48.5 Å². The highest BCUT2D eigenvalue weighted by molar-refractivity contribution is 5.82. The molecule has 8 heteroatoms. The SMILES string of the molecule is CCOc1ccccc1OCCC(=O)NNC(=O)COc1ccccc1C#N. The third kappa shape index (κ3) is 6.53. The highest BCUT2D eigenvalue weighted by atomic mass is 16.5. The Kier molecular flexibility index (Phi) is 8.15. The van der Waals surface area contributed by atoms with Gasteiger partial charge in [0, 0.05) is 0 Å². The van der Waals surface area contributed by atoms with E-state index in [0.717, 1.165) is 0 Å². The summed E-state index contributed by atoms with van der Waals surface area (Å²) in [5, 5.41) is 8.96. The summed E-state index contributed by atoms with van der Waals surface area (Å²) in [5.74, 6) is 0.482. The zero-order chi connectivity index (χ0) is 20.2. The van der Waals surface area contributed by atoms with E-state index in [2.05, 4.69) is 10.9 Å². The first-order chi connectivity index (χ1) is 13.6. The van der Waals surface area contributed by atoms with Crippen LogP contribution in [0.3, 0.4) is 0 Å². The number of amides is 2. The number of hydrogen-bond acceptors (Lipinski definition) is 6. The molecule has 0 fully saturated rings. The number of nitriles is 1. The summed E-state index contributed by atoms with van der Waals surface area (Å²) in [4.78, 5) is 23.6. The van der Waals surface area contributed by atoms with Crippen molar-refractivity contribution >= 4 is 11.8 Å². The van der Waals surface area contributed by atoms with E-state index in [9.17, 15) is 9.59 Å². The predicted molar refractivity (Wildman–Crippen MR) is 101 cm³/mol. The largest absolute Gasteiger partial charge is 0.490 e. The third-order valence-electron chi connectivity index (χ3n) is 3.44. The Hall–Kier alpha value is -3.73. The number of nitrogens with zero attached hydrogens (tertiary/aromatic N) is 1. The molecule has 0 saturated heterocycles. The van der Waals surface area contributed by atoms with Crippen LogP contribution in [0.5, 0.6) is 17.2 Å². The third-order valence-corrected chi connectivity index (χ3v) is 3.44. The van der Waals surface area contributed by atoms with E-state index in [1.165, 1.54) is 0 Å². The molecule has 0 saturated carbocycles. The van der Waals surface area contributed by atoms with E-state index in [1.54, 1.807) is 36.4 Å². The molecule has 0 bridgehead atoms. The van der Waals surface area contributed by atoms with E-state index in [4.69, 9.17) is 19.5 Å². The molecule has 2 rings (SSSR count). The molecule has 0 aliphatic heterocycles. The molecule has 2 aromatic rings. The lowest BCUT2D eigenvalue weighted by atomic mass is 10.2. The number of para-hydroxylation sites is 3. The van der Waals surface area contributed by atoms with Gasteiger partial charge in [0.1, 0.15) is 11.8 Å². The molecule has 0 atom stereocenters. The predicted octanol–water partition coefficient (Wildman–Crippen LogP) is 1.95. The van der Waals surface area contributed by atoms with Gasteiger partial charge in [-0.1, -0.05) is 24.3 Å². The highest BCUT2D eigenvalue weighted by Gasteiger charge is 2.09. The molecule has 8 nitrogen and oxygen atoms in total. The van der Waals surface area contributed by atoms with Crippen LogP contribution in [0, 0.1) is 11.3 Å². The molecule has 0 heterocycles. The molecular weight excluding hydrogens is 362 g/mol. The Morgan fingerprint density at radius 1 is 0.893 bits per heavy atom. The van der Waals surface area contributed by atoms with Gasteiger partial charge in [0.15, 0.2) is 18.1 Å². The van der Waals surface area contributed by atoms with E-state index in [0.29, 0.717) is 29.4 Å². The fourth-order valence-electron chi connectivity index (χ4n) is 2.16. The Balaban J connectivity index is 1.68. The zero-order valence-electron chi connectivity index (χ0n) is 15.4. The second-order valence-electron chi connectivity index (χ2n) is 5.47. The molecule has 0 aromatic heterocycles. The molecule has 0 aliphatic rings. The monoisotopic (exact) mass is 383 g/mol. The van der Waals surface area contributed by atoms with Gasteiger partial charge in [-0.05, 0) is 31.2 Å². The summed E-state index contributed by atoms with van der Waals surface area (Å²) in [6.45, 7) is 2.17. The Labute approximate surface area is 163 Å². The Morgan fingerprint density at radius 2 is 1.50 bits per heavy atom. The second kappa shape index (κ2) is 11.1. The van der Waals surface area contributed by atoms with E-state index in [1.807, 2.05) is 25.1 Å². The summed E-state index contributed by atoms with van der Waals surface area (Å²) >= 11 is 0. The molecule has 2 N–H and O–H groups in total. The first-order valence-corrected chi connectivity index (χ1v) is 8.68. The number of carbonyl (C=O) groups excluding carboxylic acids is 2. The summed E-state index contributed by atoms with van der Waals surface area (Å²) in [6, 6.07) is 15.7. The van der Waals surface area contributed by atoms with Crippen molar-refractivity contribution in [1.82, 2.24) is 10.9 Å². The molecule has 0 spiro atoms. The van der Waals surface area contributed by atoms with Crippen LogP contribution in [0.1, 0.15) is 18.9 Å². The van der Waals surface area contributed by atoms with Crippen LogP contribution in [-0.2, 0) is 9.59 Å². The zero-order valence-corrected chi connectivity index (χ0v) is 15.4.